The molecule has 7 heteroatoms. The van der Waals surface area contributed by atoms with Crippen LogP contribution < -0.4 is 10.5 Å². The van der Waals surface area contributed by atoms with Crippen LogP contribution in [0.4, 0.5) is 0 Å². The number of rotatable bonds is 5. The van der Waals surface area contributed by atoms with Crippen molar-refractivity contribution in [3.8, 4) is 11.8 Å². The summed E-state index contributed by atoms with van der Waals surface area (Å²) in [5.74, 6) is 4.09. The zero-order valence-electron chi connectivity index (χ0n) is 11.9. The number of benzene rings is 1. The van der Waals surface area contributed by atoms with Crippen molar-refractivity contribution in [2.45, 2.75) is 13.0 Å². The molecular formula is C14H18N2O4S. The fourth-order valence-electron chi connectivity index (χ4n) is 1.63. The number of carbonyl (C=O) groups excluding carboxylic acids is 1. The van der Waals surface area contributed by atoms with Crippen molar-refractivity contribution in [3.05, 3.63) is 35.4 Å². The molecule has 0 saturated heterocycles. The summed E-state index contributed by atoms with van der Waals surface area (Å²) in [6, 6.07) is 6.65. The number of methoxy groups -OCH3 is 1. The first kappa shape index (κ1) is 17.2. The molecule has 0 bridgehead atoms. The molecule has 0 spiro atoms. The summed E-state index contributed by atoms with van der Waals surface area (Å²) in [4.78, 5) is 11.0. The van der Waals surface area contributed by atoms with E-state index in [0.717, 1.165) is 18.2 Å². The first-order valence-electron chi connectivity index (χ1n) is 6.23. The monoisotopic (exact) mass is 310 g/mol. The Hall–Kier alpha value is -1.88. The van der Waals surface area contributed by atoms with Crippen LogP contribution in [-0.2, 0) is 19.6 Å². The molecule has 1 atom stereocenters. The Morgan fingerprint density at radius 3 is 2.81 bits per heavy atom. The molecule has 1 unspecified atom stereocenters. The van der Waals surface area contributed by atoms with Crippen LogP contribution in [0.15, 0.2) is 24.3 Å². The molecule has 6 nitrogen and oxygen atoms in total. The molecule has 0 aliphatic carbocycles. The van der Waals surface area contributed by atoms with Crippen LogP contribution in [0, 0.1) is 11.8 Å². The lowest BCUT2D eigenvalue weighted by molar-refractivity contribution is -0.137. The van der Waals surface area contributed by atoms with Crippen LogP contribution in [0.1, 0.15) is 24.1 Å². The van der Waals surface area contributed by atoms with Gasteiger partial charge in [0.05, 0.1) is 13.7 Å². The Morgan fingerprint density at radius 2 is 2.19 bits per heavy atom. The predicted molar refractivity (Wildman–Crippen MR) is 79.7 cm³/mol. The first-order valence-corrected chi connectivity index (χ1v) is 7.89. The van der Waals surface area contributed by atoms with Gasteiger partial charge in [-0.25, -0.2) is 13.1 Å². The maximum atomic E-state index is 11.8. The van der Waals surface area contributed by atoms with E-state index in [0.29, 0.717) is 0 Å². The highest BCUT2D eigenvalue weighted by Crippen LogP contribution is 2.15. The highest BCUT2D eigenvalue weighted by Gasteiger charge is 2.20. The predicted octanol–water partition coefficient (Wildman–Crippen LogP) is 0.150. The van der Waals surface area contributed by atoms with E-state index >= 15 is 0 Å². The van der Waals surface area contributed by atoms with E-state index in [9.17, 15) is 13.2 Å². The molecule has 1 aromatic rings. The van der Waals surface area contributed by atoms with E-state index in [1.165, 1.54) is 0 Å². The standard InChI is InChI=1S/C14H18N2O4S/c1-11(16-21(18,19)10-14(17)20-2)13-7-3-5-12(9-13)6-4-8-15/h3,5,7,9,11,16H,8,10,15H2,1-2H3. The second-order valence-corrected chi connectivity index (χ2v) is 6.06. The topological polar surface area (TPSA) is 98.5 Å². The minimum atomic E-state index is -3.75. The first-order chi connectivity index (χ1) is 9.88. The number of nitrogens with two attached hydrogens (primary N) is 1. The smallest absolute Gasteiger partial charge is 0.322 e. The molecule has 0 aliphatic rings. The van der Waals surface area contributed by atoms with Gasteiger partial charge in [0, 0.05) is 11.6 Å². The number of sulfonamides is 1. The Labute approximate surface area is 124 Å². The van der Waals surface area contributed by atoms with Crippen molar-refractivity contribution in [1.29, 1.82) is 0 Å². The van der Waals surface area contributed by atoms with Crippen LogP contribution >= 0.6 is 0 Å². The van der Waals surface area contributed by atoms with Crippen LogP contribution in [0.2, 0.25) is 0 Å². The van der Waals surface area contributed by atoms with Gasteiger partial charge in [-0.1, -0.05) is 24.0 Å². The minimum absolute atomic E-state index is 0.255. The van der Waals surface area contributed by atoms with E-state index in [1.807, 2.05) is 6.07 Å². The maximum Gasteiger partial charge on any atom is 0.322 e. The van der Waals surface area contributed by atoms with Gasteiger partial charge in [0.2, 0.25) is 10.0 Å². The molecule has 1 aromatic carbocycles. The third-order valence-corrected chi connectivity index (χ3v) is 3.94. The molecule has 0 amide bonds. The van der Waals surface area contributed by atoms with Crippen LogP contribution in [0.3, 0.4) is 0 Å². The second-order valence-electron chi connectivity index (χ2n) is 4.31. The van der Waals surface area contributed by atoms with Gasteiger partial charge in [-0.3, -0.25) is 4.79 Å². The molecule has 0 saturated carbocycles. The molecule has 21 heavy (non-hydrogen) atoms. The number of hydrogen-bond acceptors (Lipinski definition) is 5. The Morgan fingerprint density at radius 1 is 1.48 bits per heavy atom. The number of carbonyl (C=O) groups is 1. The number of nitrogens with one attached hydrogen (secondary N) is 1. The van der Waals surface area contributed by atoms with Crippen molar-refractivity contribution >= 4 is 16.0 Å². The van der Waals surface area contributed by atoms with Gasteiger partial charge in [-0.05, 0) is 24.6 Å². The molecule has 114 valence electrons. The molecule has 0 fully saturated rings. The SMILES string of the molecule is COC(=O)CS(=O)(=O)NC(C)c1cccc(C#CCN)c1. The van der Waals surface area contributed by atoms with Gasteiger partial charge in [-0.15, -0.1) is 0 Å². The third-order valence-electron chi connectivity index (χ3n) is 2.61. The van der Waals surface area contributed by atoms with E-state index in [4.69, 9.17) is 5.73 Å². The molecule has 0 heterocycles. The highest BCUT2D eigenvalue weighted by atomic mass is 32.2. The summed E-state index contributed by atoms with van der Waals surface area (Å²) in [6.07, 6.45) is 0. The zero-order valence-corrected chi connectivity index (χ0v) is 12.7. The van der Waals surface area contributed by atoms with E-state index in [-0.39, 0.29) is 6.54 Å². The molecule has 3 N–H and O–H groups in total. The van der Waals surface area contributed by atoms with Gasteiger partial charge in [0.25, 0.3) is 0 Å². The largest absolute Gasteiger partial charge is 0.468 e. The average Bonchev–Trinajstić information content (AvgIpc) is 2.44. The normalized spacial score (nSPS) is 12.1. The maximum absolute atomic E-state index is 11.8. The molecular weight excluding hydrogens is 292 g/mol. The summed E-state index contributed by atoms with van der Waals surface area (Å²) in [5.41, 5.74) is 6.80. The minimum Gasteiger partial charge on any atom is -0.468 e. The molecule has 0 aromatic heterocycles. The number of ether oxygens (including phenoxy) is 1. The van der Waals surface area contributed by atoms with Crippen molar-refractivity contribution < 1.29 is 17.9 Å². The lowest BCUT2D eigenvalue weighted by Crippen LogP contribution is -2.32. The van der Waals surface area contributed by atoms with Crippen molar-refractivity contribution in [1.82, 2.24) is 4.72 Å². The molecule has 0 radical (unpaired) electrons. The third kappa shape index (κ3) is 5.95. The quantitative estimate of drug-likeness (QED) is 0.596. The van der Waals surface area contributed by atoms with E-state index < -0.39 is 27.8 Å². The van der Waals surface area contributed by atoms with Crippen molar-refractivity contribution in [2.24, 2.45) is 5.73 Å². The van der Waals surface area contributed by atoms with Crippen LogP contribution in [-0.4, -0.2) is 33.8 Å². The van der Waals surface area contributed by atoms with Gasteiger partial charge in [0.1, 0.15) is 0 Å². The van der Waals surface area contributed by atoms with Gasteiger partial charge < -0.3 is 10.5 Å². The van der Waals surface area contributed by atoms with Gasteiger partial charge >= 0.3 is 5.97 Å². The number of esters is 1. The second kappa shape index (κ2) is 7.78. The lowest BCUT2D eigenvalue weighted by Gasteiger charge is -2.14. The number of hydrogen-bond donors (Lipinski definition) is 2. The van der Waals surface area contributed by atoms with E-state index in [2.05, 4.69) is 21.3 Å². The zero-order chi connectivity index (χ0) is 15.9. The van der Waals surface area contributed by atoms with Crippen LogP contribution in [0.25, 0.3) is 0 Å². The van der Waals surface area contributed by atoms with Crippen LogP contribution in [0.5, 0.6) is 0 Å². The van der Waals surface area contributed by atoms with Gasteiger partial charge in [0.15, 0.2) is 5.75 Å². The average molecular weight is 310 g/mol. The molecule has 1 rings (SSSR count). The Bertz CT molecular complexity index is 659. The summed E-state index contributed by atoms with van der Waals surface area (Å²) in [7, 11) is -2.61. The summed E-state index contributed by atoms with van der Waals surface area (Å²) in [5, 5.41) is 0. The summed E-state index contributed by atoms with van der Waals surface area (Å²) >= 11 is 0. The lowest BCUT2D eigenvalue weighted by atomic mass is 10.1. The van der Waals surface area contributed by atoms with E-state index in [1.54, 1.807) is 25.1 Å². The Kier molecular flexibility index (Phi) is 6.37. The van der Waals surface area contributed by atoms with Crippen molar-refractivity contribution in [3.63, 3.8) is 0 Å². The molecule has 0 aliphatic heterocycles. The fraction of sp³-hybridized carbons (Fsp3) is 0.357. The fourth-order valence-corrected chi connectivity index (χ4v) is 2.82. The summed E-state index contributed by atoms with van der Waals surface area (Å²) < 4.78 is 30.3. The van der Waals surface area contributed by atoms with Gasteiger partial charge in [-0.2, -0.15) is 0 Å². The highest BCUT2D eigenvalue weighted by molar-refractivity contribution is 7.90. The Balaban J connectivity index is 2.84. The van der Waals surface area contributed by atoms with Crippen molar-refractivity contribution in [2.75, 3.05) is 19.4 Å². The summed E-state index contributed by atoms with van der Waals surface area (Å²) in [6.45, 7) is 1.94.